The summed E-state index contributed by atoms with van der Waals surface area (Å²) in [7, 11) is -2.73. The summed E-state index contributed by atoms with van der Waals surface area (Å²) in [6, 6.07) is 22.2. The van der Waals surface area contributed by atoms with Crippen molar-refractivity contribution in [1.82, 2.24) is 0 Å². The van der Waals surface area contributed by atoms with Crippen LogP contribution in [0.4, 0.5) is 0 Å². The van der Waals surface area contributed by atoms with Crippen LogP contribution in [0, 0.1) is 28.6 Å². The molecule has 3 saturated carbocycles. The summed E-state index contributed by atoms with van der Waals surface area (Å²) >= 11 is 0. The first-order valence-corrected chi connectivity index (χ1v) is 19.3. The minimum atomic E-state index is -2.73. The first-order chi connectivity index (χ1) is 21.5. The Morgan fingerprint density at radius 2 is 1.53 bits per heavy atom. The first-order valence-electron chi connectivity index (χ1n) is 17.4. The van der Waals surface area contributed by atoms with Crippen LogP contribution < -0.4 is 10.4 Å². The highest BCUT2D eigenvalue weighted by Crippen LogP contribution is 2.66. The van der Waals surface area contributed by atoms with E-state index in [-0.39, 0.29) is 27.9 Å². The standard InChI is InChI=1S/C39H52O5Si/c1-28(40)44-35-19-18-33-32-17-16-29-26-39(41-24-25-42-39)23-22-38(29,34(32)20-21-37(33,35)5)27-43-45(36(2,3)4,30-12-8-6-9-13-30)31-14-10-7-11-15-31/h6-16,32-35H,17-27H2,1-5H3/t32-,33-,34-,35-,37-,38+/m0/s1. The molecule has 5 nitrogen and oxygen atoms in total. The molecule has 2 aromatic carbocycles. The summed E-state index contributed by atoms with van der Waals surface area (Å²) in [4.78, 5) is 12.1. The van der Waals surface area contributed by atoms with E-state index < -0.39 is 14.1 Å². The van der Waals surface area contributed by atoms with Crippen molar-refractivity contribution in [1.29, 1.82) is 0 Å². The highest BCUT2D eigenvalue weighted by Gasteiger charge is 2.63. The summed E-state index contributed by atoms with van der Waals surface area (Å²) in [5.41, 5.74) is 1.50. The average Bonchev–Trinajstić information content (AvgIpc) is 3.61. The van der Waals surface area contributed by atoms with Crippen LogP contribution in [-0.2, 0) is 23.4 Å². The van der Waals surface area contributed by atoms with Gasteiger partial charge in [-0.05, 0) is 71.7 Å². The number of fused-ring (bicyclic) bond motifs is 5. The zero-order valence-corrected chi connectivity index (χ0v) is 29.0. The van der Waals surface area contributed by atoms with E-state index >= 15 is 0 Å². The zero-order valence-electron chi connectivity index (χ0n) is 28.0. The van der Waals surface area contributed by atoms with Gasteiger partial charge in [0.2, 0.25) is 0 Å². The molecule has 1 spiro atoms. The lowest BCUT2D eigenvalue weighted by Crippen LogP contribution is -2.68. The summed E-state index contributed by atoms with van der Waals surface area (Å²) in [5.74, 6) is 1.03. The highest BCUT2D eigenvalue weighted by molar-refractivity contribution is 6.99. The molecule has 4 aliphatic carbocycles. The molecular formula is C39H52O5Si. The molecule has 0 bridgehead atoms. The molecule has 4 fully saturated rings. The number of hydrogen-bond donors (Lipinski definition) is 0. The molecular weight excluding hydrogens is 577 g/mol. The fourth-order valence-corrected chi connectivity index (χ4v) is 15.4. The normalized spacial score (nSPS) is 34.0. The Bertz CT molecular complexity index is 1370. The molecule has 1 aliphatic heterocycles. The summed E-state index contributed by atoms with van der Waals surface area (Å²) in [6.07, 6.45) is 10.8. The Balaban J connectivity index is 1.30. The molecule has 0 amide bonds. The Morgan fingerprint density at radius 3 is 2.13 bits per heavy atom. The van der Waals surface area contributed by atoms with Gasteiger partial charge in [-0.15, -0.1) is 0 Å². The van der Waals surface area contributed by atoms with Gasteiger partial charge in [0.05, 0.1) is 13.2 Å². The lowest BCUT2D eigenvalue weighted by Gasteiger charge is -2.60. The predicted octanol–water partition coefficient (Wildman–Crippen LogP) is 7.18. The topological polar surface area (TPSA) is 54.0 Å². The van der Waals surface area contributed by atoms with Crippen molar-refractivity contribution in [3.8, 4) is 0 Å². The number of esters is 1. The molecule has 7 rings (SSSR count). The molecule has 242 valence electrons. The van der Waals surface area contributed by atoms with E-state index in [9.17, 15) is 4.79 Å². The Labute approximate surface area is 271 Å². The second-order valence-electron chi connectivity index (χ2n) is 16.0. The number of carbonyl (C=O) groups is 1. The third-order valence-electron chi connectivity index (χ3n) is 12.8. The van der Waals surface area contributed by atoms with Crippen LogP contribution in [0.3, 0.4) is 0 Å². The van der Waals surface area contributed by atoms with Crippen LogP contribution in [0.2, 0.25) is 5.04 Å². The number of ether oxygens (including phenoxy) is 3. The zero-order chi connectivity index (χ0) is 31.5. The van der Waals surface area contributed by atoms with Crippen molar-refractivity contribution < 1.29 is 23.4 Å². The van der Waals surface area contributed by atoms with Gasteiger partial charge >= 0.3 is 5.97 Å². The third-order valence-corrected chi connectivity index (χ3v) is 17.8. The van der Waals surface area contributed by atoms with Crippen molar-refractivity contribution in [2.24, 2.45) is 28.6 Å². The Kier molecular flexibility index (Phi) is 7.99. The van der Waals surface area contributed by atoms with Crippen LogP contribution in [0.1, 0.15) is 86.0 Å². The number of allylic oxidation sites excluding steroid dienone is 1. The number of hydrogen-bond acceptors (Lipinski definition) is 5. The van der Waals surface area contributed by atoms with Crippen LogP contribution in [0.25, 0.3) is 0 Å². The lowest BCUT2D eigenvalue weighted by atomic mass is 9.47. The molecule has 0 aromatic heterocycles. The Hall–Kier alpha value is -2.25. The van der Waals surface area contributed by atoms with E-state index in [0.29, 0.717) is 31.0 Å². The molecule has 1 saturated heterocycles. The highest BCUT2D eigenvalue weighted by atomic mass is 28.4. The van der Waals surface area contributed by atoms with Gasteiger partial charge in [-0.2, -0.15) is 0 Å². The van der Waals surface area contributed by atoms with Crippen LogP contribution in [0.5, 0.6) is 0 Å². The average molecular weight is 629 g/mol. The first kappa shape index (κ1) is 31.4. The summed E-state index contributed by atoms with van der Waals surface area (Å²) < 4.78 is 26.5. The molecule has 6 heteroatoms. The Morgan fingerprint density at radius 1 is 0.889 bits per heavy atom. The van der Waals surface area contributed by atoms with E-state index in [0.717, 1.165) is 58.0 Å². The molecule has 45 heavy (non-hydrogen) atoms. The van der Waals surface area contributed by atoms with E-state index in [1.807, 2.05) is 0 Å². The van der Waals surface area contributed by atoms with Gasteiger partial charge in [0.1, 0.15) is 6.10 Å². The molecule has 2 aromatic rings. The molecule has 0 unspecified atom stereocenters. The number of rotatable bonds is 6. The minimum Gasteiger partial charge on any atom is -0.462 e. The van der Waals surface area contributed by atoms with Gasteiger partial charge in [0.15, 0.2) is 5.79 Å². The van der Waals surface area contributed by atoms with Gasteiger partial charge < -0.3 is 18.6 Å². The fraction of sp³-hybridized carbons (Fsp3) is 0.615. The molecule has 1 heterocycles. The van der Waals surface area contributed by atoms with E-state index in [1.165, 1.54) is 15.9 Å². The third kappa shape index (κ3) is 5.01. The predicted molar refractivity (Wildman–Crippen MR) is 180 cm³/mol. The molecule has 0 radical (unpaired) electrons. The van der Waals surface area contributed by atoms with Gasteiger partial charge in [-0.1, -0.05) is 100 Å². The van der Waals surface area contributed by atoms with Gasteiger partial charge in [-0.25, -0.2) is 0 Å². The maximum atomic E-state index is 12.1. The summed E-state index contributed by atoms with van der Waals surface area (Å²) in [6.45, 7) is 13.2. The maximum absolute atomic E-state index is 12.1. The molecule has 5 aliphatic rings. The minimum absolute atomic E-state index is 0.0329. The molecule has 0 N–H and O–H groups in total. The van der Waals surface area contributed by atoms with Crippen LogP contribution in [0.15, 0.2) is 72.3 Å². The van der Waals surface area contributed by atoms with Gasteiger partial charge in [0, 0.05) is 37.2 Å². The van der Waals surface area contributed by atoms with E-state index in [4.69, 9.17) is 18.6 Å². The van der Waals surface area contributed by atoms with Gasteiger partial charge in [-0.3, -0.25) is 4.79 Å². The summed E-state index contributed by atoms with van der Waals surface area (Å²) in [5, 5.41) is 2.60. The van der Waals surface area contributed by atoms with Crippen LogP contribution in [-0.4, -0.2) is 46.0 Å². The second kappa shape index (κ2) is 11.5. The van der Waals surface area contributed by atoms with Crippen molar-refractivity contribution in [2.45, 2.75) is 103 Å². The number of carbonyl (C=O) groups excluding carboxylic acids is 1. The van der Waals surface area contributed by atoms with Crippen molar-refractivity contribution in [3.05, 3.63) is 72.3 Å². The van der Waals surface area contributed by atoms with Crippen molar-refractivity contribution >= 4 is 24.7 Å². The quantitative estimate of drug-likeness (QED) is 0.193. The number of benzene rings is 2. The van der Waals surface area contributed by atoms with Crippen molar-refractivity contribution in [3.63, 3.8) is 0 Å². The SMILES string of the molecule is CC(=O)O[C@H]1CC[C@H]2[C@@H]3CC=C4CC5(CC[C@]4(CO[Si](c4ccccc4)(c4ccccc4)C(C)(C)C)[C@H]3CC[C@]12C)OCCO5. The van der Waals surface area contributed by atoms with E-state index in [1.54, 1.807) is 6.92 Å². The monoisotopic (exact) mass is 628 g/mol. The lowest BCUT2D eigenvalue weighted by molar-refractivity contribution is -0.191. The van der Waals surface area contributed by atoms with Crippen LogP contribution >= 0.6 is 0 Å². The maximum Gasteiger partial charge on any atom is 0.302 e. The smallest absolute Gasteiger partial charge is 0.302 e. The fourth-order valence-electron chi connectivity index (χ4n) is 10.8. The van der Waals surface area contributed by atoms with Gasteiger partial charge in [0.25, 0.3) is 8.32 Å². The van der Waals surface area contributed by atoms with E-state index in [2.05, 4.69) is 94.4 Å². The largest absolute Gasteiger partial charge is 0.462 e. The molecule has 6 atom stereocenters. The second-order valence-corrected chi connectivity index (χ2v) is 20.3. The van der Waals surface area contributed by atoms with Crippen molar-refractivity contribution in [2.75, 3.05) is 19.8 Å².